The molecule has 0 spiro atoms. The summed E-state index contributed by atoms with van der Waals surface area (Å²) in [5.74, 6) is 1.29. The average Bonchev–Trinajstić information content (AvgIpc) is 3.83. The van der Waals surface area contributed by atoms with Crippen molar-refractivity contribution in [1.82, 2.24) is 4.57 Å². The molecular weight excluding hydrogens is 625 g/mol. The van der Waals surface area contributed by atoms with Gasteiger partial charge in [-0.05, 0) is 84.0 Å². The molecule has 9 rings (SSSR count). The Labute approximate surface area is 301 Å². The van der Waals surface area contributed by atoms with E-state index >= 15 is 0 Å². The van der Waals surface area contributed by atoms with Crippen molar-refractivity contribution in [3.63, 3.8) is 0 Å². The van der Waals surface area contributed by atoms with Crippen molar-refractivity contribution < 1.29 is 14.8 Å². The lowest BCUT2D eigenvalue weighted by atomic mass is 9.83. The summed E-state index contributed by atoms with van der Waals surface area (Å²) in [5.41, 5.74) is 13.0. The number of aryl methyl sites for hydroxylation is 2. The number of aromatic nitrogens is 2. The van der Waals surface area contributed by atoms with Crippen molar-refractivity contribution in [3.8, 4) is 28.2 Å². The zero-order chi connectivity index (χ0) is 35.9. The Bertz CT molecular complexity index is 2640. The van der Waals surface area contributed by atoms with Crippen LogP contribution < -0.4 is 4.57 Å². The smallest absolute Gasteiger partial charge is 0.297 e. The normalized spacial score (nSPS) is 15.3. The van der Waals surface area contributed by atoms with Crippen LogP contribution in [0.5, 0.6) is 0 Å². The van der Waals surface area contributed by atoms with Crippen molar-refractivity contribution in [2.45, 2.75) is 84.5 Å². The van der Waals surface area contributed by atoms with Crippen molar-refractivity contribution in [2.24, 2.45) is 7.05 Å². The first-order chi connectivity index (χ1) is 25.1. The van der Waals surface area contributed by atoms with Gasteiger partial charge in [-0.3, -0.25) is 0 Å². The summed E-state index contributed by atoms with van der Waals surface area (Å²) in [6, 6.07) is 30.6. The first-order valence-electron chi connectivity index (χ1n) is 19.3. The molecule has 0 N–H and O–H groups in total. The van der Waals surface area contributed by atoms with Crippen LogP contribution in [-0.4, -0.2) is 4.57 Å². The highest BCUT2D eigenvalue weighted by Crippen LogP contribution is 2.43. The van der Waals surface area contributed by atoms with Crippen LogP contribution in [0.25, 0.3) is 72.1 Å². The number of hydrogen-bond donors (Lipinski definition) is 0. The number of fused-ring (bicyclic) bond motifs is 6. The molecule has 3 aromatic heterocycles. The molecule has 1 fully saturated rings. The second-order valence-electron chi connectivity index (χ2n) is 15.3. The monoisotopic (exact) mass is 672 g/mol. The van der Waals surface area contributed by atoms with E-state index in [1.165, 1.54) is 28.8 Å². The van der Waals surface area contributed by atoms with Crippen LogP contribution in [0.15, 0.2) is 106 Å². The van der Waals surface area contributed by atoms with Gasteiger partial charge in [0.05, 0.1) is 7.05 Å². The Morgan fingerprint density at radius 2 is 1.37 bits per heavy atom. The van der Waals surface area contributed by atoms with Gasteiger partial charge in [-0.1, -0.05) is 108 Å². The molecular formula is C47H47N2O2+. The first kappa shape index (κ1) is 30.7. The second-order valence-corrected chi connectivity index (χ2v) is 15.3. The van der Waals surface area contributed by atoms with E-state index in [-0.39, 0.29) is 0 Å². The summed E-state index contributed by atoms with van der Waals surface area (Å²) < 4.78 is 27.4. The fourth-order valence-corrected chi connectivity index (χ4v) is 8.65. The van der Waals surface area contributed by atoms with E-state index in [9.17, 15) is 1.37 Å². The SMILES string of the molecule is [2H]C1(c2cccc3c2oc2ccc(-c4ccc5c(c4)oc4c(-c6n(-c7c(C(C)C)cccc7C(C)C)cc[n+]6C)c(C)ccc45)cc23)CCCCC1. The van der Waals surface area contributed by atoms with Crippen LogP contribution in [0.3, 0.4) is 0 Å². The number of benzene rings is 5. The summed E-state index contributed by atoms with van der Waals surface area (Å²) in [4.78, 5) is 0. The lowest BCUT2D eigenvalue weighted by Crippen LogP contribution is -2.29. The third-order valence-electron chi connectivity index (χ3n) is 11.3. The molecule has 1 saturated carbocycles. The molecule has 0 radical (unpaired) electrons. The minimum absolute atomic E-state index is 0.378. The topological polar surface area (TPSA) is 35.1 Å². The van der Waals surface area contributed by atoms with E-state index in [1.54, 1.807) is 0 Å². The van der Waals surface area contributed by atoms with Crippen molar-refractivity contribution >= 4 is 43.9 Å². The highest BCUT2D eigenvalue weighted by atomic mass is 16.3. The van der Waals surface area contributed by atoms with Crippen LogP contribution in [-0.2, 0) is 7.05 Å². The summed E-state index contributed by atoms with van der Waals surface area (Å²) in [6.45, 7) is 11.3. The largest absolute Gasteiger partial charge is 0.456 e. The van der Waals surface area contributed by atoms with E-state index in [0.29, 0.717) is 11.8 Å². The molecule has 1 aliphatic carbocycles. The molecule has 4 heteroatoms. The maximum Gasteiger partial charge on any atom is 0.297 e. The highest BCUT2D eigenvalue weighted by Gasteiger charge is 2.30. The number of nitrogens with zero attached hydrogens (tertiary/aromatic N) is 2. The molecule has 0 atom stereocenters. The Hall–Kier alpha value is -5.09. The van der Waals surface area contributed by atoms with Crippen molar-refractivity contribution in [2.75, 3.05) is 0 Å². The maximum atomic E-state index is 9.34. The minimum Gasteiger partial charge on any atom is -0.456 e. The average molecular weight is 673 g/mol. The third-order valence-corrected chi connectivity index (χ3v) is 11.3. The Morgan fingerprint density at radius 1 is 0.706 bits per heavy atom. The molecule has 0 saturated heterocycles. The predicted molar refractivity (Wildman–Crippen MR) is 211 cm³/mol. The zero-order valence-corrected chi connectivity index (χ0v) is 30.6. The fourth-order valence-electron chi connectivity index (χ4n) is 8.65. The van der Waals surface area contributed by atoms with Gasteiger partial charge in [0.15, 0.2) is 5.58 Å². The lowest BCUT2D eigenvalue weighted by Gasteiger charge is -2.21. The molecule has 0 bridgehead atoms. The minimum atomic E-state index is -0.578. The fraction of sp³-hybridized carbons (Fsp3) is 0.298. The Balaban J connectivity index is 1.19. The van der Waals surface area contributed by atoms with Crippen molar-refractivity contribution in [1.29, 1.82) is 0 Å². The second kappa shape index (κ2) is 12.3. The molecule has 0 aliphatic heterocycles. The number of furan rings is 2. The van der Waals surface area contributed by atoms with Gasteiger partial charge in [-0.15, -0.1) is 0 Å². The van der Waals surface area contributed by atoms with E-state index in [2.05, 4.69) is 148 Å². The van der Waals surface area contributed by atoms with Gasteiger partial charge in [-0.2, -0.15) is 4.57 Å². The molecule has 3 heterocycles. The van der Waals surface area contributed by atoms with Crippen LogP contribution in [0.2, 0.25) is 0 Å². The van der Waals surface area contributed by atoms with Crippen molar-refractivity contribution in [3.05, 3.63) is 120 Å². The van der Waals surface area contributed by atoms with E-state index in [0.717, 1.165) is 97.6 Å². The zero-order valence-electron chi connectivity index (χ0n) is 31.6. The van der Waals surface area contributed by atoms with Gasteiger partial charge in [0.2, 0.25) is 0 Å². The standard InChI is InChI=1S/C47H47N2O2/c1-28(2)34-14-10-15-35(29(3)4)44(34)49-25-24-48(6)47(49)43-30(5)18-21-39-37-22-19-33(27-42(37)51-46(39)43)32-20-23-41-40(26-32)38-17-11-16-36(45(38)50-41)31-12-8-7-9-13-31/h10-11,14-29,31H,7-9,12-13H2,1-6H3/q+1/i31D. The van der Waals surface area contributed by atoms with E-state index in [4.69, 9.17) is 8.83 Å². The summed E-state index contributed by atoms with van der Waals surface area (Å²) in [6.07, 6.45) is 9.57. The number of rotatable bonds is 6. The van der Waals surface area contributed by atoms with E-state index < -0.39 is 5.89 Å². The molecule has 4 nitrogen and oxygen atoms in total. The number of hydrogen-bond acceptors (Lipinski definition) is 2. The Morgan fingerprint density at radius 3 is 2.14 bits per heavy atom. The number of imidazole rings is 1. The number of para-hydroxylation sites is 2. The molecule has 0 unspecified atom stereocenters. The molecule has 1 aliphatic rings. The summed E-state index contributed by atoms with van der Waals surface area (Å²) in [7, 11) is 2.13. The Kier molecular flexibility index (Phi) is 7.41. The predicted octanol–water partition coefficient (Wildman–Crippen LogP) is 13.0. The van der Waals surface area contributed by atoms with Crippen LogP contribution in [0.1, 0.15) is 101 Å². The molecule has 8 aromatic rings. The van der Waals surface area contributed by atoms with E-state index in [1.807, 2.05) is 0 Å². The molecule has 0 amide bonds. The van der Waals surface area contributed by atoms with Gasteiger partial charge in [0.1, 0.15) is 40.4 Å². The van der Waals surface area contributed by atoms with Gasteiger partial charge in [0, 0.05) is 34.0 Å². The van der Waals surface area contributed by atoms with Gasteiger partial charge in [0.25, 0.3) is 5.82 Å². The lowest BCUT2D eigenvalue weighted by molar-refractivity contribution is -0.659. The van der Waals surface area contributed by atoms with Crippen LogP contribution in [0.4, 0.5) is 0 Å². The quantitative estimate of drug-likeness (QED) is 0.165. The molecule has 5 aromatic carbocycles. The molecule has 51 heavy (non-hydrogen) atoms. The van der Waals surface area contributed by atoms with Gasteiger partial charge in [-0.25, -0.2) is 4.57 Å². The maximum absolute atomic E-state index is 9.34. The summed E-state index contributed by atoms with van der Waals surface area (Å²) >= 11 is 0. The van der Waals surface area contributed by atoms with Crippen LogP contribution >= 0.6 is 0 Å². The van der Waals surface area contributed by atoms with Crippen LogP contribution in [0, 0.1) is 6.92 Å². The highest BCUT2D eigenvalue weighted by molar-refractivity contribution is 6.11. The summed E-state index contributed by atoms with van der Waals surface area (Å²) in [5, 5.41) is 4.41. The van der Waals surface area contributed by atoms with Gasteiger partial charge >= 0.3 is 0 Å². The third kappa shape index (κ3) is 5.13. The van der Waals surface area contributed by atoms with Gasteiger partial charge < -0.3 is 8.83 Å². The first-order valence-corrected chi connectivity index (χ1v) is 18.8. The molecule has 256 valence electrons.